The maximum atomic E-state index is 12.7. The van der Waals surface area contributed by atoms with Crippen molar-refractivity contribution >= 4 is 5.69 Å². The van der Waals surface area contributed by atoms with Crippen LogP contribution in [-0.4, -0.2) is 21.3 Å². The van der Waals surface area contributed by atoms with E-state index in [0.29, 0.717) is 18.8 Å². The van der Waals surface area contributed by atoms with Gasteiger partial charge in [-0.25, -0.2) is 4.98 Å². The van der Waals surface area contributed by atoms with E-state index < -0.39 is 11.7 Å². The van der Waals surface area contributed by atoms with Gasteiger partial charge in [-0.1, -0.05) is 12.1 Å². The van der Waals surface area contributed by atoms with Crippen molar-refractivity contribution in [3.63, 3.8) is 0 Å². The standard InChI is InChI=1S/C12H13F3N4/c1-19-8-17-11(18-19)6-7-16-10-5-3-2-4-9(10)12(13,14)15/h2-5,8,16H,6-7H2,1H3. The molecule has 0 aliphatic heterocycles. The zero-order valence-electron chi connectivity index (χ0n) is 10.3. The van der Waals surface area contributed by atoms with Crippen LogP contribution < -0.4 is 5.32 Å². The molecule has 0 saturated carbocycles. The van der Waals surface area contributed by atoms with Crippen LogP contribution in [0.25, 0.3) is 0 Å². The van der Waals surface area contributed by atoms with Gasteiger partial charge in [0, 0.05) is 25.7 Å². The van der Waals surface area contributed by atoms with E-state index in [1.54, 1.807) is 24.1 Å². The van der Waals surface area contributed by atoms with Crippen LogP contribution in [0, 0.1) is 0 Å². The molecule has 0 unspecified atom stereocenters. The molecule has 19 heavy (non-hydrogen) atoms. The number of hydrogen-bond acceptors (Lipinski definition) is 3. The molecule has 1 N–H and O–H groups in total. The highest BCUT2D eigenvalue weighted by Gasteiger charge is 2.32. The number of hydrogen-bond donors (Lipinski definition) is 1. The van der Waals surface area contributed by atoms with E-state index in [1.807, 2.05) is 0 Å². The summed E-state index contributed by atoms with van der Waals surface area (Å²) < 4.78 is 39.8. The van der Waals surface area contributed by atoms with Crippen molar-refractivity contribution in [1.82, 2.24) is 14.8 Å². The van der Waals surface area contributed by atoms with Crippen molar-refractivity contribution in [3.8, 4) is 0 Å². The lowest BCUT2D eigenvalue weighted by molar-refractivity contribution is -0.136. The molecule has 4 nitrogen and oxygen atoms in total. The Morgan fingerprint density at radius 2 is 2.00 bits per heavy atom. The van der Waals surface area contributed by atoms with Crippen molar-refractivity contribution in [1.29, 1.82) is 0 Å². The smallest absolute Gasteiger partial charge is 0.384 e. The number of nitrogens with zero attached hydrogens (tertiary/aromatic N) is 3. The molecule has 7 heteroatoms. The van der Waals surface area contributed by atoms with E-state index in [4.69, 9.17) is 0 Å². The SMILES string of the molecule is Cn1cnc(CCNc2ccccc2C(F)(F)F)n1. The van der Waals surface area contributed by atoms with Crippen LogP contribution in [0.15, 0.2) is 30.6 Å². The Hall–Kier alpha value is -2.05. The molecule has 0 spiro atoms. The van der Waals surface area contributed by atoms with Gasteiger partial charge in [-0.3, -0.25) is 4.68 Å². The highest BCUT2D eigenvalue weighted by molar-refractivity contribution is 5.52. The van der Waals surface area contributed by atoms with Crippen LogP contribution in [0.3, 0.4) is 0 Å². The molecule has 0 radical (unpaired) electrons. The van der Waals surface area contributed by atoms with Gasteiger partial charge >= 0.3 is 6.18 Å². The number of aromatic nitrogens is 3. The molecular formula is C12H13F3N4. The third kappa shape index (κ3) is 3.46. The van der Waals surface area contributed by atoms with Crippen LogP contribution in [-0.2, 0) is 19.6 Å². The van der Waals surface area contributed by atoms with Crippen LogP contribution in [0.5, 0.6) is 0 Å². The van der Waals surface area contributed by atoms with Crippen molar-refractivity contribution < 1.29 is 13.2 Å². The number of benzene rings is 1. The predicted octanol–water partition coefficient (Wildman–Crippen LogP) is 2.49. The molecule has 0 fully saturated rings. The Morgan fingerprint density at radius 1 is 1.26 bits per heavy atom. The molecule has 2 aromatic rings. The number of halogens is 3. The first-order valence-electron chi connectivity index (χ1n) is 5.71. The van der Waals surface area contributed by atoms with Gasteiger partial charge in [0.2, 0.25) is 0 Å². The molecule has 2 rings (SSSR count). The van der Waals surface area contributed by atoms with Gasteiger partial charge in [0.25, 0.3) is 0 Å². The molecule has 1 aromatic carbocycles. The van der Waals surface area contributed by atoms with Gasteiger partial charge in [-0.05, 0) is 12.1 Å². The first-order chi connectivity index (χ1) is 8.97. The van der Waals surface area contributed by atoms with Crippen LogP contribution >= 0.6 is 0 Å². The number of rotatable bonds is 4. The molecule has 102 valence electrons. The molecule has 0 atom stereocenters. The lowest BCUT2D eigenvalue weighted by atomic mass is 10.1. The lowest BCUT2D eigenvalue weighted by Gasteiger charge is -2.13. The molecule has 0 aliphatic carbocycles. The summed E-state index contributed by atoms with van der Waals surface area (Å²) >= 11 is 0. The lowest BCUT2D eigenvalue weighted by Crippen LogP contribution is -2.13. The first-order valence-corrected chi connectivity index (χ1v) is 5.71. The van der Waals surface area contributed by atoms with E-state index in [0.717, 1.165) is 6.07 Å². The minimum absolute atomic E-state index is 0.0749. The van der Waals surface area contributed by atoms with Crippen LogP contribution in [0.1, 0.15) is 11.4 Å². The summed E-state index contributed by atoms with van der Waals surface area (Å²) in [5.74, 6) is 0.597. The Kier molecular flexibility index (Phi) is 3.73. The van der Waals surface area contributed by atoms with Gasteiger partial charge in [0.05, 0.1) is 5.56 Å². The minimum Gasteiger partial charge on any atom is -0.384 e. The number of aryl methyl sites for hydroxylation is 1. The van der Waals surface area contributed by atoms with Crippen LogP contribution in [0.4, 0.5) is 18.9 Å². The second-order valence-electron chi connectivity index (χ2n) is 4.05. The predicted molar refractivity (Wildman–Crippen MR) is 64.6 cm³/mol. The zero-order valence-corrected chi connectivity index (χ0v) is 10.3. The maximum absolute atomic E-state index is 12.7. The highest BCUT2D eigenvalue weighted by atomic mass is 19.4. The third-order valence-corrected chi connectivity index (χ3v) is 2.54. The summed E-state index contributed by atoms with van der Waals surface area (Å²) in [5, 5.41) is 6.82. The Labute approximate surface area is 108 Å². The maximum Gasteiger partial charge on any atom is 0.418 e. The normalized spacial score (nSPS) is 11.6. The van der Waals surface area contributed by atoms with Crippen molar-refractivity contribution in [2.75, 3.05) is 11.9 Å². The summed E-state index contributed by atoms with van der Waals surface area (Å²) in [6, 6.07) is 5.40. The van der Waals surface area contributed by atoms with Crippen molar-refractivity contribution in [3.05, 3.63) is 42.0 Å². The van der Waals surface area contributed by atoms with Crippen molar-refractivity contribution in [2.45, 2.75) is 12.6 Å². The average molecular weight is 270 g/mol. The van der Waals surface area contributed by atoms with E-state index >= 15 is 0 Å². The second-order valence-corrected chi connectivity index (χ2v) is 4.05. The number of para-hydroxylation sites is 1. The fourth-order valence-corrected chi connectivity index (χ4v) is 1.69. The molecule has 0 aliphatic rings. The van der Waals surface area contributed by atoms with E-state index in [-0.39, 0.29) is 5.69 Å². The molecule has 0 saturated heterocycles. The van der Waals surface area contributed by atoms with Gasteiger partial charge in [0.1, 0.15) is 6.33 Å². The summed E-state index contributed by atoms with van der Waals surface area (Å²) in [5.41, 5.74) is -0.588. The summed E-state index contributed by atoms with van der Waals surface area (Å²) in [6.07, 6.45) is -2.33. The zero-order chi connectivity index (χ0) is 13.9. The fraction of sp³-hybridized carbons (Fsp3) is 0.333. The summed E-state index contributed by atoms with van der Waals surface area (Å²) in [4.78, 5) is 4.01. The fourth-order valence-electron chi connectivity index (χ4n) is 1.69. The third-order valence-electron chi connectivity index (χ3n) is 2.54. The number of nitrogens with one attached hydrogen (secondary N) is 1. The Morgan fingerprint density at radius 3 is 2.63 bits per heavy atom. The first kappa shape index (κ1) is 13.4. The highest BCUT2D eigenvalue weighted by Crippen LogP contribution is 2.34. The van der Waals surface area contributed by atoms with Gasteiger partial charge in [-0.15, -0.1) is 0 Å². The molecule has 0 bridgehead atoms. The molecular weight excluding hydrogens is 257 g/mol. The molecule has 1 aromatic heterocycles. The number of anilines is 1. The van der Waals surface area contributed by atoms with E-state index in [2.05, 4.69) is 15.4 Å². The van der Waals surface area contributed by atoms with Gasteiger partial charge in [0.15, 0.2) is 5.82 Å². The Bertz CT molecular complexity index is 548. The van der Waals surface area contributed by atoms with Crippen molar-refractivity contribution in [2.24, 2.45) is 7.05 Å². The second kappa shape index (κ2) is 5.29. The number of alkyl halides is 3. The quantitative estimate of drug-likeness (QED) is 0.928. The molecule has 1 heterocycles. The van der Waals surface area contributed by atoms with Gasteiger partial charge in [-0.2, -0.15) is 18.3 Å². The summed E-state index contributed by atoms with van der Waals surface area (Å²) in [6.45, 7) is 0.344. The van der Waals surface area contributed by atoms with Gasteiger partial charge < -0.3 is 5.32 Å². The topological polar surface area (TPSA) is 42.7 Å². The molecule has 0 amide bonds. The monoisotopic (exact) mass is 270 g/mol. The van der Waals surface area contributed by atoms with Crippen LogP contribution in [0.2, 0.25) is 0 Å². The Balaban J connectivity index is 2.00. The summed E-state index contributed by atoms with van der Waals surface area (Å²) in [7, 11) is 1.74. The van der Waals surface area contributed by atoms with E-state index in [9.17, 15) is 13.2 Å². The average Bonchev–Trinajstić information content (AvgIpc) is 2.74. The minimum atomic E-state index is -4.35. The largest absolute Gasteiger partial charge is 0.418 e. The van der Waals surface area contributed by atoms with E-state index in [1.165, 1.54) is 12.1 Å².